The first kappa shape index (κ1) is 12.8. The Balaban J connectivity index is 2.19. The van der Waals surface area contributed by atoms with Crippen molar-refractivity contribution in [2.75, 3.05) is 37.7 Å². The van der Waals surface area contributed by atoms with Gasteiger partial charge in [0.2, 0.25) is 5.91 Å². The van der Waals surface area contributed by atoms with Crippen molar-refractivity contribution in [1.29, 1.82) is 0 Å². The standard InChI is InChI=1S/C10H21N3OS/c1-9(11)7-15-8-10(14)13-5-2-3-12-4-6-13/h9,12H,2-8,11H2,1H3. The first-order chi connectivity index (χ1) is 7.20. The maximum Gasteiger partial charge on any atom is 0.232 e. The lowest BCUT2D eigenvalue weighted by Gasteiger charge is -2.19. The van der Waals surface area contributed by atoms with E-state index in [-0.39, 0.29) is 11.9 Å². The highest BCUT2D eigenvalue weighted by Crippen LogP contribution is 2.05. The van der Waals surface area contributed by atoms with Gasteiger partial charge in [-0.15, -0.1) is 0 Å². The summed E-state index contributed by atoms with van der Waals surface area (Å²) in [6.45, 7) is 5.65. The third-order valence-electron chi connectivity index (χ3n) is 2.30. The second kappa shape index (κ2) is 7.09. The van der Waals surface area contributed by atoms with E-state index in [1.807, 2.05) is 11.8 Å². The van der Waals surface area contributed by atoms with E-state index < -0.39 is 0 Å². The Kier molecular flexibility index (Phi) is 6.05. The summed E-state index contributed by atoms with van der Waals surface area (Å²) in [5, 5.41) is 3.29. The van der Waals surface area contributed by atoms with Gasteiger partial charge in [0.1, 0.15) is 0 Å². The van der Waals surface area contributed by atoms with Gasteiger partial charge in [-0.25, -0.2) is 0 Å². The van der Waals surface area contributed by atoms with Gasteiger partial charge in [-0.3, -0.25) is 4.79 Å². The molecule has 1 rings (SSSR count). The minimum Gasteiger partial charge on any atom is -0.341 e. The molecule has 1 atom stereocenters. The van der Waals surface area contributed by atoms with Crippen LogP contribution in [-0.4, -0.2) is 54.5 Å². The number of thioether (sulfide) groups is 1. The average Bonchev–Trinajstić information content (AvgIpc) is 2.44. The molecule has 1 saturated heterocycles. The van der Waals surface area contributed by atoms with Crippen LogP contribution in [0.3, 0.4) is 0 Å². The first-order valence-electron chi connectivity index (χ1n) is 5.52. The minimum atomic E-state index is 0.175. The summed E-state index contributed by atoms with van der Waals surface area (Å²) < 4.78 is 0. The largest absolute Gasteiger partial charge is 0.341 e. The number of hydrogen-bond donors (Lipinski definition) is 2. The summed E-state index contributed by atoms with van der Waals surface area (Å²) in [6.07, 6.45) is 1.06. The predicted octanol–water partition coefficient (Wildman–Crippen LogP) is -0.111. The van der Waals surface area contributed by atoms with Crippen molar-refractivity contribution in [1.82, 2.24) is 10.2 Å². The van der Waals surface area contributed by atoms with Crippen LogP contribution in [0.5, 0.6) is 0 Å². The zero-order chi connectivity index (χ0) is 11.1. The van der Waals surface area contributed by atoms with E-state index in [0.717, 1.165) is 38.4 Å². The van der Waals surface area contributed by atoms with E-state index >= 15 is 0 Å². The van der Waals surface area contributed by atoms with Crippen molar-refractivity contribution in [2.24, 2.45) is 5.73 Å². The number of nitrogens with two attached hydrogens (primary N) is 1. The molecule has 0 aromatic carbocycles. The molecule has 0 bridgehead atoms. The Morgan fingerprint density at radius 2 is 2.33 bits per heavy atom. The molecule has 0 aromatic heterocycles. The molecule has 3 N–H and O–H groups in total. The molecule has 0 aromatic rings. The van der Waals surface area contributed by atoms with Crippen LogP contribution >= 0.6 is 11.8 Å². The molecule has 4 nitrogen and oxygen atoms in total. The molecule has 15 heavy (non-hydrogen) atoms. The Hall–Kier alpha value is -0.260. The number of rotatable bonds is 4. The Labute approximate surface area is 96.0 Å². The average molecular weight is 231 g/mol. The quantitative estimate of drug-likeness (QED) is 0.709. The van der Waals surface area contributed by atoms with Crippen LogP contribution in [0.2, 0.25) is 0 Å². The van der Waals surface area contributed by atoms with Crippen molar-refractivity contribution in [3.8, 4) is 0 Å². The van der Waals surface area contributed by atoms with Gasteiger partial charge in [0, 0.05) is 31.4 Å². The third kappa shape index (κ3) is 5.39. The number of hydrogen-bond acceptors (Lipinski definition) is 4. The van der Waals surface area contributed by atoms with Gasteiger partial charge in [0.05, 0.1) is 5.75 Å². The minimum absolute atomic E-state index is 0.175. The van der Waals surface area contributed by atoms with Crippen LogP contribution in [0.1, 0.15) is 13.3 Å². The van der Waals surface area contributed by atoms with Crippen LogP contribution < -0.4 is 11.1 Å². The molecule has 1 heterocycles. The van der Waals surface area contributed by atoms with Crippen molar-refractivity contribution in [2.45, 2.75) is 19.4 Å². The van der Waals surface area contributed by atoms with E-state index in [1.165, 1.54) is 0 Å². The second-order valence-corrected chi connectivity index (χ2v) is 5.01. The normalized spacial score (nSPS) is 19.7. The summed E-state index contributed by atoms with van der Waals surface area (Å²) in [4.78, 5) is 13.7. The Morgan fingerprint density at radius 1 is 1.53 bits per heavy atom. The Morgan fingerprint density at radius 3 is 3.07 bits per heavy atom. The lowest BCUT2D eigenvalue weighted by Crippen LogP contribution is -2.35. The van der Waals surface area contributed by atoms with Crippen molar-refractivity contribution >= 4 is 17.7 Å². The maximum absolute atomic E-state index is 11.8. The fourth-order valence-corrected chi connectivity index (χ4v) is 2.37. The number of amides is 1. The molecular formula is C10H21N3OS. The molecule has 0 radical (unpaired) electrons. The topological polar surface area (TPSA) is 58.4 Å². The lowest BCUT2D eigenvalue weighted by molar-refractivity contribution is -0.128. The summed E-state index contributed by atoms with van der Waals surface area (Å²) in [5.41, 5.74) is 5.63. The molecule has 1 aliphatic heterocycles. The smallest absolute Gasteiger partial charge is 0.232 e. The summed E-state index contributed by atoms with van der Waals surface area (Å²) in [7, 11) is 0. The van der Waals surface area contributed by atoms with E-state index in [2.05, 4.69) is 5.32 Å². The molecule has 1 fully saturated rings. The SMILES string of the molecule is CC(N)CSCC(=O)N1CCCNCC1. The highest BCUT2D eigenvalue weighted by molar-refractivity contribution is 7.99. The number of carbonyl (C=O) groups excluding carboxylic acids is 1. The zero-order valence-corrected chi connectivity index (χ0v) is 10.2. The molecule has 0 aliphatic carbocycles. The van der Waals surface area contributed by atoms with E-state index in [1.54, 1.807) is 11.8 Å². The maximum atomic E-state index is 11.8. The first-order valence-corrected chi connectivity index (χ1v) is 6.67. The van der Waals surface area contributed by atoms with Gasteiger partial charge >= 0.3 is 0 Å². The summed E-state index contributed by atoms with van der Waals surface area (Å²) in [5.74, 6) is 1.68. The molecule has 1 amide bonds. The van der Waals surface area contributed by atoms with Gasteiger partial charge in [0.15, 0.2) is 0 Å². The number of carbonyl (C=O) groups is 1. The molecular weight excluding hydrogens is 210 g/mol. The van der Waals surface area contributed by atoms with Gasteiger partial charge in [-0.2, -0.15) is 11.8 Å². The number of nitrogens with one attached hydrogen (secondary N) is 1. The monoisotopic (exact) mass is 231 g/mol. The highest BCUT2D eigenvalue weighted by Gasteiger charge is 2.14. The van der Waals surface area contributed by atoms with Gasteiger partial charge in [0.25, 0.3) is 0 Å². The zero-order valence-electron chi connectivity index (χ0n) is 9.37. The third-order valence-corrected chi connectivity index (χ3v) is 3.51. The van der Waals surface area contributed by atoms with Gasteiger partial charge in [-0.05, 0) is 19.9 Å². The van der Waals surface area contributed by atoms with Crippen molar-refractivity contribution in [3.05, 3.63) is 0 Å². The molecule has 88 valence electrons. The Bertz CT molecular complexity index is 191. The van der Waals surface area contributed by atoms with E-state index in [9.17, 15) is 4.79 Å². The van der Waals surface area contributed by atoms with Crippen molar-refractivity contribution < 1.29 is 4.79 Å². The second-order valence-electron chi connectivity index (χ2n) is 3.98. The van der Waals surface area contributed by atoms with Gasteiger partial charge in [-0.1, -0.05) is 0 Å². The van der Waals surface area contributed by atoms with Crippen LogP contribution in [-0.2, 0) is 4.79 Å². The summed E-state index contributed by atoms with van der Waals surface area (Å²) >= 11 is 1.63. The summed E-state index contributed by atoms with van der Waals surface area (Å²) in [6, 6.07) is 0.175. The van der Waals surface area contributed by atoms with E-state index in [0.29, 0.717) is 5.75 Å². The van der Waals surface area contributed by atoms with Gasteiger partial charge < -0.3 is 16.0 Å². The molecule has 1 unspecified atom stereocenters. The van der Waals surface area contributed by atoms with E-state index in [4.69, 9.17) is 5.73 Å². The molecule has 5 heteroatoms. The molecule has 0 saturated carbocycles. The highest BCUT2D eigenvalue weighted by atomic mass is 32.2. The van der Waals surface area contributed by atoms with Crippen LogP contribution in [0.15, 0.2) is 0 Å². The fraction of sp³-hybridized carbons (Fsp3) is 0.900. The molecule has 0 spiro atoms. The predicted molar refractivity (Wildman–Crippen MR) is 65.0 cm³/mol. The lowest BCUT2D eigenvalue weighted by atomic mass is 10.4. The van der Waals surface area contributed by atoms with Crippen LogP contribution in [0.4, 0.5) is 0 Å². The van der Waals surface area contributed by atoms with Crippen molar-refractivity contribution in [3.63, 3.8) is 0 Å². The number of nitrogens with zero attached hydrogens (tertiary/aromatic N) is 1. The fourth-order valence-electron chi connectivity index (χ4n) is 1.52. The molecule has 1 aliphatic rings. The van der Waals surface area contributed by atoms with Crippen LogP contribution in [0, 0.1) is 0 Å². The van der Waals surface area contributed by atoms with Crippen LogP contribution in [0.25, 0.3) is 0 Å².